The number of hydrogen-bond donors (Lipinski definition) is 1. The van der Waals surface area contributed by atoms with Gasteiger partial charge in [0.2, 0.25) is 0 Å². The van der Waals surface area contributed by atoms with Crippen molar-refractivity contribution in [1.29, 1.82) is 0 Å². The Hall–Kier alpha value is -1.92. The Morgan fingerprint density at radius 3 is 2.82 bits per heavy atom. The largest absolute Gasteiger partial charge is 0.465 e. The second kappa shape index (κ2) is 7.38. The molecule has 0 saturated carbocycles. The molecule has 1 aromatic carbocycles. The maximum absolute atomic E-state index is 11.7. The number of aryl methyl sites for hydroxylation is 1. The third kappa shape index (κ3) is 3.64. The smallest absolute Gasteiger partial charge is 0.350 e. The second-order valence-electron chi connectivity index (χ2n) is 4.67. The summed E-state index contributed by atoms with van der Waals surface area (Å²) in [5, 5.41) is 5.53. The molecule has 0 atom stereocenters. The zero-order valence-electron chi connectivity index (χ0n) is 12.8. The third-order valence-electron chi connectivity index (χ3n) is 3.15. The number of thiophene rings is 1. The van der Waals surface area contributed by atoms with Crippen molar-refractivity contribution in [3.63, 3.8) is 0 Å². The predicted molar refractivity (Wildman–Crippen MR) is 96.1 cm³/mol. The lowest BCUT2D eigenvalue weighted by molar-refractivity contribution is 0.0607. The molecule has 0 aliphatic carbocycles. The van der Waals surface area contributed by atoms with E-state index in [2.05, 4.69) is 11.4 Å². The fourth-order valence-corrected chi connectivity index (χ4v) is 3.19. The van der Waals surface area contributed by atoms with Crippen LogP contribution in [0.2, 0.25) is 0 Å². The molecule has 4 nitrogen and oxygen atoms in total. The van der Waals surface area contributed by atoms with Crippen molar-refractivity contribution in [3.05, 3.63) is 46.2 Å². The minimum atomic E-state index is -0.362. The molecule has 0 aliphatic heterocycles. The number of methoxy groups -OCH3 is 1. The van der Waals surface area contributed by atoms with Gasteiger partial charge >= 0.3 is 5.97 Å². The molecule has 1 aromatic heterocycles. The quantitative estimate of drug-likeness (QED) is 0.674. The van der Waals surface area contributed by atoms with Crippen LogP contribution in [-0.4, -0.2) is 24.7 Å². The minimum absolute atomic E-state index is 0.362. The molecule has 0 unspecified atom stereocenters. The Kier molecular flexibility index (Phi) is 5.51. The van der Waals surface area contributed by atoms with Crippen LogP contribution in [0.5, 0.6) is 0 Å². The number of nitrogens with one attached hydrogen (secondary N) is 1. The highest BCUT2D eigenvalue weighted by atomic mass is 32.1. The number of carbonyl (C=O) groups is 1. The Morgan fingerprint density at radius 2 is 2.18 bits per heavy atom. The van der Waals surface area contributed by atoms with Crippen LogP contribution in [-0.2, 0) is 4.74 Å². The summed E-state index contributed by atoms with van der Waals surface area (Å²) < 4.78 is 4.78. The zero-order chi connectivity index (χ0) is 16.1. The van der Waals surface area contributed by atoms with E-state index in [1.54, 1.807) is 0 Å². The highest BCUT2D eigenvalue weighted by Gasteiger charge is 2.17. The molecule has 2 rings (SSSR count). The molecule has 0 saturated heterocycles. The number of nitrogens with zero attached hydrogens (tertiary/aromatic N) is 1. The van der Waals surface area contributed by atoms with E-state index in [9.17, 15) is 4.79 Å². The molecular formula is C16H18N2O2S2. The van der Waals surface area contributed by atoms with Crippen molar-refractivity contribution in [2.75, 3.05) is 23.9 Å². The fraction of sp³-hybridized carbons (Fsp3) is 0.250. The van der Waals surface area contributed by atoms with E-state index in [1.807, 2.05) is 48.4 Å². The van der Waals surface area contributed by atoms with Gasteiger partial charge in [0.15, 0.2) is 5.11 Å². The normalized spacial score (nSPS) is 10.1. The molecule has 116 valence electrons. The molecule has 1 heterocycles. The van der Waals surface area contributed by atoms with Crippen LogP contribution in [0.4, 0.5) is 11.4 Å². The minimum Gasteiger partial charge on any atom is -0.465 e. The summed E-state index contributed by atoms with van der Waals surface area (Å²) in [6.07, 6.45) is 0. The van der Waals surface area contributed by atoms with Crippen molar-refractivity contribution in [2.24, 2.45) is 0 Å². The Labute approximate surface area is 139 Å². The molecule has 0 fully saturated rings. The standard InChI is InChI=1S/C16H18N2O2S2/c1-4-18(12-7-5-6-11(2)10-12)16(21)17-13-8-9-22-14(13)15(19)20-3/h5-10H,4H2,1-3H3,(H,17,21). The molecule has 0 amide bonds. The van der Waals surface area contributed by atoms with Crippen LogP contribution in [0.15, 0.2) is 35.7 Å². The summed E-state index contributed by atoms with van der Waals surface area (Å²) in [5.41, 5.74) is 2.87. The Bertz CT molecular complexity index is 682. The van der Waals surface area contributed by atoms with Crippen LogP contribution in [0.1, 0.15) is 22.2 Å². The lowest BCUT2D eigenvalue weighted by Crippen LogP contribution is -2.34. The summed E-state index contributed by atoms with van der Waals surface area (Å²) in [5.74, 6) is -0.362. The monoisotopic (exact) mass is 334 g/mol. The third-order valence-corrected chi connectivity index (χ3v) is 4.37. The van der Waals surface area contributed by atoms with Crippen LogP contribution in [0.25, 0.3) is 0 Å². The molecule has 0 aliphatic rings. The highest BCUT2D eigenvalue weighted by molar-refractivity contribution is 7.80. The zero-order valence-corrected chi connectivity index (χ0v) is 14.4. The van der Waals surface area contributed by atoms with Gasteiger partial charge in [0.25, 0.3) is 0 Å². The molecule has 2 aromatic rings. The molecule has 0 radical (unpaired) electrons. The number of esters is 1. The van der Waals surface area contributed by atoms with E-state index in [4.69, 9.17) is 17.0 Å². The van der Waals surface area contributed by atoms with E-state index in [0.717, 1.165) is 12.2 Å². The van der Waals surface area contributed by atoms with Gasteiger partial charge in [-0.25, -0.2) is 4.79 Å². The van der Waals surface area contributed by atoms with Gasteiger partial charge in [0.05, 0.1) is 12.8 Å². The second-order valence-corrected chi connectivity index (χ2v) is 5.97. The van der Waals surface area contributed by atoms with Crippen molar-refractivity contribution < 1.29 is 9.53 Å². The molecule has 0 spiro atoms. The number of carbonyl (C=O) groups excluding carboxylic acids is 1. The van der Waals surface area contributed by atoms with Crippen LogP contribution in [0.3, 0.4) is 0 Å². The van der Waals surface area contributed by atoms with Gasteiger partial charge in [-0.05, 0) is 55.2 Å². The Balaban J connectivity index is 2.20. The highest BCUT2D eigenvalue weighted by Crippen LogP contribution is 2.24. The molecule has 1 N–H and O–H groups in total. The first kappa shape index (κ1) is 16.5. The lowest BCUT2D eigenvalue weighted by Gasteiger charge is -2.24. The fourth-order valence-electron chi connectivity index (χ4n) is 2.08. The van der Waals surface area contributed by atoms with E-state index in [1.165, 1.54) is 24.0 Å². The number of thiocarbonyl (C=S) groups is 1. The summed E-state index contributed by atoms with van der Waals surface area (Å²) >= 11 is 6.82. The van der Waals surface area contributed by atoms with Gasteiger partial charge in [-0.1, -0.05) is 12.1 Å². The first-order chi connectivity index (χ1) is 10.6. The average molecular weight is 334 g/mol. The maximum atomic E-state index is 11.7. The number of ether oxygens (including phenoxy) is 1. The first-order valence-corrected chi connectivity index (χ1v) is 8.16. The van der Waals surface area contributed by atoms with Crippen molar-refractivity contribution in [3.8, 4) is 0 Å². The maximum Gasteiger partial charge on any atom is 0.350 e. The van der Waals surface area contributed by atoms with Gasteiger partial charge in [0.1, 0.15) is 4.88 Å². The van der Waals surface area contributed by atoms with E-state index >= 15 is 0 Å². The van der Waals surface area contributed by atoms with Crippen LogP contribution < -0.4 is 10.2 Å². The Morgan fingerprint density at radius 1 is 1.41 bits per heavy atom. The van der Waals surface area contributed by atoms with Gasteiger partial charge in [-0.3, -0.25) is 0 Å². The van der Waals surface area contributed by atoms with E-state index in [0.29, 0.717) is 15.7 Å². The van der Waals surface area contributed by atoms with Gasteiger partial charge in [-0.2, -0.15) is 0 Å². The van der Waals surface area contributed by atoms with E-state index < -0.39 is 0 Å². The van der Waals surface area contributed by atoms with Gasteiger partial charge in [-0.15, -0.1) is 11.3 Å². The summed E-state index contributed by atoms with van der Waals surface area (Å²) in [6, 6.07) is 9.96. The number of benzene rings is 1. The molecular weight excluding hydrogens is 316 g/mol. The van der Waals surface area contributed by atoms with Crippen molar-refractivity contribution in [2.45, 2.75) is 13.8 Å². The van der Waals surface area contributed by atoms with Crippen LogP contribution in [0, 0.1) is 6.92 Å². The summed E-state index contributed by atoms with van der Waals surface area (Å²) in [6.45, 7) is 4.81. The van der Waals surface area contributed by atoms with E-state index in [-0.39, 0.29) is 5.97 Å². The SMILES string of the molecule is CCN(C(=S)Nc1ccsc1C(=O)OC)c1cccc(C)c1. The van der Waals surface area contributed by atoms with Gasteiger partial charge in [0, 0.05) is 12.2 Å². The van der Waals surface area contributed by atoms with Crippen molar-refractivity contribution >= 4 is 46.0 Å². The lowest BCUT2D eigenvalue weighted by atomic mass is 10.2. The number of rotatable bonds is 4. The first-order valence-electron chi connectivity index (χ1n) is 6.87. The molecule has 6 heteroatoms. The van der Waals surface area contributed by atoms with Gasteiger partial charge < -0.3 is 15.0 Å². The predicted octanol–water partition coefficient (Wildman–Crippen LogP) is 4.07. The number of anilines is 2. The summed E-state index contributed by atoms with van der Waals surface area (Å²) in [7, 11) is 1.37. The average Bonchev–Trinajstić information content (AvgIpc) is 2.95. The molecule has 0 bridgehead atoms. The summed E-state index contributed by atoms with van der Waals surface area (Å²) in [4.78, 5) is 14.2. The van der Waals surface area contributed by atoms with Crippen LogP contribution >= 0.6 is 23.6 Å². The number of hydrogen-bond acceptors (Lipinski definition) is 4. The molecule has 22 heavy (non-hydrogen) atoms. The van der Waals surface area contributed by atoms with Crippen molar-refractivity contribution in [1.82, 2.24) is 0 Å². The topological polar surface area (TPSA) is 41.6 Å².